The number of nitrogens with zero attached hydrogens (tertiary/aromatic N) is 4. The molecule has 0 aliphatic carbocycles. The first-order chi connectivity index (χ1) is 19.0. The van der Waals surface area contributed by atoms with Crippen LogP contribution in [0.4, 0.5) is 14.5 Å². The fraction of sp³-hybridized carbons (Fsp3) is 0.172. The molecule has 0 amide bonds. The number of halogens is 2. The van der Waals surface area contributed by atoms with Crippen LogP contribution in [0.5, 0.6) is 0 Å². The summed E-state index contributed by atoms with van der Waals surface area (Å²) in [5.41, 5.74) is 5.31. The summed E-state index contributed by atoms with van der Waals surface area (Å²) in [7, 11) is 0. The molecule has 6 rings (SSSR count). The quantitative estimate of drug-likeness (QED) is 0.170. The third-order valence-electron chi connectivity index (χ3n) is 6.63. The summed E-state index contributed by atoms with van der Waals surface area (Å²) in [5.74, 6) is -0.372. The molecule has 1 unspecified atom stereocenters. The average molecular weight is 526 g/mol. The number of nitrogens with one attached hydrogen (secondary N) is 3. The van der Waals surface area contributed by atoms with E-state index in [9.17, 15) is 9.50 Å². The highest BCUT2D eigenvalue weighted by atomic mass is 19.1. The Hall–Kier alpha value is -4.70. The van der Waals surface area contributed by atoms with Crippen molar-refractivity contribution in [3.63, 3.8) is 0 Å². The van der Waals surface area contributed by atoms with Crippen LogP contribution in [0.2, 0.25) is 0 Å². The monoisotopic (exact) mass is 525 g/mol. The molecule has 0 saturated heterocycles. The molecule has 0 saturated carbocycles. The maximum Gasteiger partial charge on any atom is 0.160 e. The topological polar surface area (TPSA) is 115 Å². The van der Waals surface area contributed by atoms with Gasteiger partial charge in [0.15, 0.2) is 11.5 Å². The molecule has 0 fully saturated rings. The zero-order chi connectivity index (χ0) is 26.9. The van der Waals surface area contributed by atoms with Crippen molar-refractivity contribution < 1.29 is 13.9 Å². The Kier molecular flexibility index (Phi) is 6.45. The van der Waals surface area contributed by atoms with Crippen LogP contribution in [-0.4, -0.2) is 41.5 Å². The molecule has 8 nitrogen and oxygen atoms in total. The van der Waals surface area contributed by atoms with E-state index < -0.39 is 12.0 Å². The summed E-state index contributed by atoms with van der Waals surface area (Å²) >= 11 is 0. The van der Waals surface area contributed by atoms with E-state index >= 15 is 4.39 Å². The van der Waals surface area contributed by atoms with Gasteiger partial charge in [0, 0.05) is 28.9 Å². The number of hydrogen-bond donors (Lipinski definition) is 4. The lowest BCUT2D eigenvalue weighted by molar-refractivity contribution is 0.190. The van der Waals surface area contributed by atoms with E-state index in [2.05, 4.69) is 37.4 Å². The molecule has 0 bridgehead atoms. The molecule has 196 valence electrons. The largest absolute Gasteiger partial charge is 0.374 e. The first-order valence-electron chi connectivity index (χ1n) is 12.7. The van der Waals surface area contributed by atoms with Gasteiger partial charge in [0.1, 0.15) is 34.6 Å². The van der Waals surface area contributed by atoms with Crippen molar-refractivity contribution in [1.29, 1.82) is 0 Å². The first-order valence-corrected chi connectivity index (χ1v) is 12.7. The second kappa shape index (κ2) is 10.2. The first kappa shape index (κ1) is 24.6. The SMILES string of the molecule is CCCCC(O)Nc1cncc(-c2cc(F)c3[nH]nc(-c4nc5c(-c6ccc(F)cc6)ccnc5[nH]4)c3c2)c1. The Morgan fingerprint density at radius 1 is 1.00 bits per heavy atom. The van der Waals surface area contributed by atoms with Gasteiger partial charge in [-0.15, -0.1) is 0 Å². The highest BCUT2D eigenvalue weighted by Gasteiger charge is 2.19. The van der Waals surface area contributed by atoms with Gasteiger partial charge in [0.25, 0.3) is 0 Å². The van der Waals surface area contributed by atoms with E-state index in [-0.39, 0.29) is 11.3 Å². The number of aliphatic hydroxyl groups excluding tert-OH is 1. The lowest BCUT2D eigenvalue weighted by atomic mass is 10.0. The van der Waals surface area contributed by atoms with Crippen LogP contribution >= 0.6 is 0 Å². The Balaban J connectivity index is 1.39. The fourth-order valence-corrected chi connectivity index (χ4v) is 4.65. The van der Waals surface area contributed by atoms with E-state index in [1.165, 1.54) is 18.2 Å². The number of H-pyrrole nitrogens is 2. The minimum Gasteiger partial charge on any atom is -0.374 e. The zero-order valence-corrected chi connectivity index (χ0v) is 21.0. The van der Waals surface area contributed by atoms with Gasteiger partial charge < -0.3 is 15.4 Å². The van der Waals surface area contributed by atoms with Crippen LogP contribution in [0.3, 0.4) is 0 Å². The fourth-order valence-electron chi connectivity index (χ4n) is 4.65. The van der Waals surface area contributed by atoms with Crippen molar-refractivity contribution in [3.8, 4) is 33.8 Å². The molecule has 6 aromatic rings. The standard InChI is InChI=1S/C29H25F2N7O/c1-2-3-4-24(39)34-20-11-18(14-32-15-20)17-12-22-25(23(31)13-17)37-38-27(22)29-35-26-21(9-10-33-28(26)36-29)16-5-7-19(30)8-6-16/h5-15,24,34,39H,2-4H2,1H3,(H,37,38)(H,33,35,36). The predicted molar refractivity (Wildman–Crippen MR) is 147 cm³/mol. The number of benzene rings is 2. The number of imidazole rings is 1. The van der Waals surface area contributed by atoms with Crippen molar-refractivity contribution in [2.45, 2.75) is 32.4 Å². The molecule has 4 aromatic heterocycles. The van der Waals surface area contributed by atoms with Crippen LogP contribution in [0.1, 0.15) is 26.2 Å². The Morgan fingerprint density at radius 3 is 2.67 bits per heavy atom. The van der Waals surface area contributed by atoms with E-state index in [0.29, 0.717) is 51.3 Å². The van der Waals surface area contributed by atoms with Gasteiger partial charge in [0.2, 0.25) is 0 Å². The molecule has 0 aliphatic heterocycles. The highest BCUT2D eigenvalue weighted by Crippen LogP contribution is 2.34. The summed E-state index contributed by atoms with van der Waals surface area (Å²) in [5, 5.41) is 21.0. The van der Waals surface area contributed by atoms with Crippen molar-refractivity contribution in [1.82, 2.24) is 30.1 Å². The molecule has 0 spiro atoms. The minimum atomic E-state index is -0.691. The van der Waals surface area contributed by atoms with Crippen LogP contribution in [0.25, 0.3) is 55.8 Å². The summed E-state index contributed by atoms with van der Waals surface area (Å²) in [4.78, 5) is 16.6. The van der Waals surface area contributed by atoms with Gasteiger partial charge in [0.05, 0.1) is 11.9 Å². The molecule has 10 heteroatoms. The smallest absolute Gasteiger partial charge is 0.160 e. The van der Waals surface area contributed by atoms with Crippen molar-refractivity contribution in [2.75, 3.05) is 5.32 Å². The highest BCUT2D eigenvalue weighted by molar-refractivity contribution is 5.97. The summed E-state index contributed by atoms with van der Waals surface area (Å²) < 4.78 is 28.7. The average Bonchev–Trinajstić information content (AvgIpc) is 3.57. The summed E-state index contributed by atoms with van der Waals surface area (Å²) in [6, 6.07) is 13.0. The molecular weight excluding hydrogens is 500 g/mol. The molecule has 4 N–H and O–H groups in total. The summed E-state index contributed by atoms with van der Waals surface area (Å²) in [6.45, 7) is 2.07. The molecule has 0 radical (unpaired) electrons. The number of pyridine rings is 2. The molecule has 0 aliphatic rings. The predicted octanol–water partition coefficient (Wildman–Crippen LogP) is 6.43. The number of unbranched alkanes of at least 4 members (excludes halogenated alkanes) is 1. The third-order valence-corrected chi connectivity index (χ3v) is 6.63. The van der Waals surface area contributed by atoms with Crippen LogP contribution < -0.4 is 5.32 Å². The van der Waals surface area contributed by atoms with Gasteiger partial charge in [-0.3, -0.25) is 10.1 Å². The molecule has 39 heavy (non-hydrogen) atoms. The van der Waals surface area contributed by atoms with E-state index in [0.717, 1.165) is 24.0 Å². The zero-order valence-electron chi connectivity index (χ0n) is 21.0. The van der Waals surface area contributed by atoms with E-state index in [4.69, 9.17) is 4.98 Å². The Labute approximate surface area is 222 Å². The van der Waals surface area contributed by atoms with Crippen molar-refractivity contribution in [2.24, 2.45) is 0 Å². The maximum absolute atomic E-state index is 15.2. The number of hydrogen-bond acceptors (Lipinski definition) is 6. The maximum atomic E-state index is 15.2. The number of fused-ring (bicyclic) bond motifs is 2. The molecular formula is C29H25F2N7O. The Bertz CT molecular complexity index is 1780. The number of aliphatic hydroxyl groups is 1. The number of rotatable bonds is 8. The normalized spacial score (nSPS) is 12.3. The lowest BCUT2D eigenvalue weighted by Crippen LogP contribution is -2.18. The molecule has 1 atom stereocenters. The molecule has 4 heterocycles. The van der Waals surface area contributed by atoms with Crippen LogP contribution in [0.15, 0.2) is 67.1 Å². The van der Waals surface area contributed by atoms with Crippen molar-refractivity contribution >= 4 is 27.8 Å². The Morgan fingerprint density at radius 2 is 1.85 bits per heavy atom. The third kappa shape index (κ3) is 4.82. The number of anilines is 1. The van der Waals surface area contributed by atoms with Gasteiger partial charge in [-0.25, -0.2) is 18.7 Å². The van der Waals surface area contributed by atoms with Gasteiger partial charge in [-0.05, 0) is 60.4 Å². The van der Waals surface area contributed by atoms with E-state index in [1.807, 2.05) is 18.2 Å². The number of aromatic amines is 2. The second-order valence-corrected chi connectivity index (χ2v) is 9.37. The van der Waals surface area contributed by atoms with Gasteiger partial charge in [-0.1, -0.05) is 25.5 Å². The number of aromatic nitrogens is 6. The van der Waals surface area contributed by atoms with Crippen LogP contribution in [-0.2, 0) is 0 Å². The van der Waals surface area contributed by atoms with Gasteiger partial charge in [-0.2, -0.15) is 5.10 Å². The minimum absolute atomic E-state index is 0.248. The lowest BCUT2D eigenvalue weighted by Gasteiger charge is -2.14. The second-order valence-electron chi connectivity index (χ2n) is 9.37. The van der Waals surface area contributed by atoms with Gasteiger partial charge >= 0.3 is 0 Å². The summed E-state index contributed by atoms with van der Waals surface area (Å²) in [6.07, 6.45) is 6.73. The van der Waals surface area contributed by atoms with Crippen LogP contribution in [0, 0.1) is 11.6 Å². The molecule has 2 aromatic carbocycles. The van der Waals surface area contributed by atoms with Crippen molar-refractivity contribution in [3.05, 3.63) is 78.8 Å². The van der Waals surface area contributed by atoms with E-state index in [1.54, 1.807) is 30.7 Å².